The van der Waals surface area contributed by atoms with Crippen LogP contribution >= 0.6 is 0 Å². The van der Waals surface area contributed by atoms with E-state index >= 15 is 0 Å². The molecule has 1 amide bonds. The molecule has 0 spiro atoms. The maximum Gasteiger partial charge on any atom is 0.251 e. The largest absolute Gasteiger partial charge is 0.352 e. The summed E-state index contributed by atoms with van der Waals surface area (Å²) >= 11 is 0. The maximum atomic E-state index is 12.1. The van der Waals surface area contributed by atoms with Crippen LogP contribution in [0.1, 0.15) is 23.1 Å². The van der Waals surface area contributed by atoms with Gasteiger partial charge in [0, 0.05) is 36.4 Å². The third-order valence-electron chi connectivity index (χ3n) is 3.91. The summed E-state index contributed by atoms with van der Waals surface area (Å²) in [6.07, 6.45) is 4.11. The Morgan fingerprint density at radius 1 is 1.25 bits per heavy atom. The van der Waals surface area contributed by atoms with E-state index in [2.05, 4.69) is 15.3 Å². The number of nitrogens with one attached hydrogen (secondary N) is 2. The minimum Gasteiger partial charge on any atom is -0.352 e. The van der Waals surface area contributed by atoms with Crippen LogP contribution in [0.2, 0.25) is 0 Å². The van der Waals surface area contributed by atoms with E-state index in [1.807, 2.05) is 43.3 Å². The summed E-state index contributed by atoms with van der Waals surface area (Å²) in [4.78, 5) is 31.0. The molecule has 0 saturated carbocycles. The lowest BCUT2D eigenvalue weighted by Crippen LogP contribution is -2.24. The van der Waals surface area contributed by atoms with Crippen LogP contribution in [0.5, 0.6) is 0 Å². The summed E-state index contributed by atoms with van der Waals surface area (Å²) in [6.45, 7) is 2.45. The van der Waals surface area contributed by atoms with Gasteiger partial charge < -0.3 is 10.3 Å². The van der Waals surface area contributed by atoms with Crippen molar-refractivity contribution in [2.75, 3.05) is 0 Å². The highest BCUT2D eigenvalue weighted by Gasteiger charge is 2.07. The summed E-state index contributed by atoms with van der Waals surface area (Å²) in [5.41, 5.74) is 3.39. The highest BCUT2D eigenvalue weighted by molar-refractivity contribution is 5.80. The van der Waals surface area contributed by atoms with Crippen LogP contribution in [0.3, 0.4) is 0 Å². The van der Waals surface area contributed by atoms with Gasteiger partial charge in [0.15, 0.2) is 0 Å². The zero-order valence-corrected chi connectivity index (χ0v) is 13.5. The lowest BCUT2D eigenvalue weighted by Gasteiger charge is -2.06. The van der Waals surface area contributed by atoms with E-state index in [1.54, 1.807) is 12.4 Å². The number of nitrogens with zero attached hydrogens (tertiary/aromatic N) is 1. The number of carbonyl (C=O) groups excluding carboxylic acids is 1. The fourth-order valence-electron chi connectivity index (χ4n) is 2.60. The van der Waals surface area contributed by atoms with Gasteiger partial charge in [-0.1, -0.05) is 17.7 Å². The Kier molecular flexibility index (Phi) is 4.70. The Bertz CT molecular complexity index is 917. The monoisotopic (exact) mass is 321 g/mol. The molecule has 0 unspecified atom stereocenters. The van der Waals surface area contributed by atoms with Crippen molar-refractivity contribution in [1.82, 2.24) is 15.3 Å². The van der Waals surface area contributed by atoms with Crippen molar-refractivity contribution in [2.24, 2.45) is 0 Å². The highest BCUT2D eigenvalue weighted by Crippen LogP contribution is 2.13. The summed E-state index contributed by atoms with van der Waals surface area (Å²) in [7, 11) is 0. The lowest BCUT2D eigenvalue weighted by atomic mass is 10.1. The SMILES string of the molecule is Cc1ccc2[nH]c(=O)c(CCC(=O)NCc3cccnc3)cc2c1. The Morgan fingerprint density at radius 2 is 2.12 bits per heavy atom. The molecule has 0 atom stereocenters. The van der Waals surface area contributed by atoms with Crippen molar-refractivity contribution < 1.29 is 4.79 Å². The Morgan fingerprint density at radius 3 is 2.92 bits per heavy atom. The van der Waals surface area contributed by atoms with Gasteiger partial charge in [0.05, 0.1) is 0 Å². The van der Waals surface area contributed by atoms with Gasteiger partial charge in [0.25, 0.3) is 5.56 Å². The van der Waals surface area contributed by atoms with Crippen LogP contribution in [-0.4, -0.2) is 15.9 Å². The van der Waals surface area contributed by atoms with E-state index in [0.717, 1.165) is 22.0 Å². The average Bonchev–Trinajstić information content (AvgIpc) is 2.59. The predicted octanol–water partition coefficient (Wildman–Crippen LogP) is 2.48. The smallest absolute Gasteiger partial charge is 0.251 e. The van der Waals surface area contributed by atoms with E-state index in [9.17, 15) is 9.59 Å². The lowest BCUT2D eigenvalue weighted by molar-refractivity contribution is -0.121. The van der Waals surface area contributed by atoms with Crippen molar-refractivity contribution in [3.63, 3.8) is 0 Å². The number of benzene rings is 1. The second-order valence-electron chi connectivity index (χ2n) is 5.85. The van der Waals surface area contributed by atoms with Gasteiger partial charge in [0.1, 0.15) is 0 Å². The number of hydrogen-bond donors (Lipinski definition) is 2. The van der Waals surface area contributed by atoms with Gasteiger partial charge >= 0.3 is 0 Å². The highest BCUT2D eigenvalue weighted by atomic mass is 16.1. The van der Waals surface area contributed by atoms with Crippen molar-refractivity contribution in [3.8, 4) is 0 Å². The Hall–Kier alpha value is -2.95. The van der Waals surface area contributed by atoms with E-state index < -0.39 is 0 Å². The second kappa shape index (κ2) is 7.08. The number of fused-ring (bicyclic) bond motifs is 1. The molecule has 3 rings (SSSR count). The van der Waals surface area contributed by atoms with Gasteiger partial charge in [-0.25, -0.2) is 0 Å². The third kappa shape index (κ3) is 3.87. The fraction of sp³-hybridized carbons (Fsp3) is 0.211. The van der Waals surface area contributed by atoms with Crippen molar-refractivity contribution >= 4 is 16.8 Å². The molecule has 1 aromatic carbocycles. The first-order valence-corrected chi connectivity index (χ1v) is 7.90. The van der Waals surface area contributed by atoms with Crippen LogP contribution in [-0.2, 0) is 17.8 Å². The molecule has 0 aliphatic rings. The topological polar surface area (TPSA) is 74.8 Å². The molecular formula is C19H19N3O2. The zero-order valence-electron chi connectivity index (χ0n) is 13.5. The normalized spacial score (nSPS) is 10.7. The van der Waals surface area contributed by atoms with Crippen molar-refractivity contribution in [1.29, 1.82) is 0 Å². The average molecular weight is 321 g/mol. The van der Waals surface area contributed by atoms with E-state index in [4.69, 9.17) is 0 Å². The van der Waals surface area contributed by atoms with Gasteiger partial charge in [-0.2, -0.15) is 0 Å². The molecule has 3 aromatic rings. The molecule has 0 aliphatic heterocycles. The molecule has 122 valence electrons. The standard InChI is InChI=1S/C19H19N3O2/c1-13-4-6-17-16(9-13)10-15(19(24)22-17)5-7-18(23)21-12-14-3-2-8-20-11-14/h2-4,6,8-11H,5,7,12H2,1H3,(H,21,23)(H,22,24). The number of aromatic amines is 1. The minimum absolute atomic E-state index is 0.0809. The number of hydrogen-bond acceptors (Lipinski definition) is 3. The Balaban J connectivity index is 1.63. The van der Waals surface area contributed by atoms with Crippen molar-refractivity contribution in [3.05, 3.63) is 75.8 Å². The van der Waals surface area contributed by atoms with Crippen LogP contribution in [0.25, 0.3) is 10.9 Å². The summed E-state index contributed by atoms with van der Waals surface area (Å²) in [5, 5.41) is 3.83. The van der Waals surface area contributed by atoms with E-state index in [-0.39, 0.29) is 17.9 Å². The number of rotatable bonds is 5. The molecule has 0 bridgehead atoms. The van der Waals surface area contributed by atoms with E-state index in [0.29, 0.717) is 18.5 Å². The van der Waals surface area contributed by atoms with Crippen LogP contribution in [0.4, 0.5) is 0 Å². The molecule has 24 heavy (non-hydrogen) atoms. The summed E-state index contributed by atoms with van der Waals surface area (Å²) < 4.78 is 0. The molecule has 0 radical (unpaired) electrons. The molecule has 5 nitrogen and oxygen atoms in total. The summed E-state index contributed by atoms with van der Waals surface area (Å²) in [6, 6.07) is 11.5. The number of aryl methyl sites for hydroxylation is 2. The van der Waals surface area contributed by atoms with Crippen LogP contribution in [0, 0.1) is 6.92 Å². The first-order valence-electron chi connectivity index (χ1n) is 7.90. The number of H-pyrrole nitrogens is 1. The van der Waals surface area contributed by atoms with Crippen molar-refractivity contribution in [2.45, 2.75) is 26.3 Å². The Labute approximate surface area is 139 Å². The zero-order chi connectivity index (χ0) is 16.9. The molecule has 0 aliphatic carbocycles. The maximum absolute atomic E-state index is 12.1. The fourth-order valence-corrected chi connectivity index (χ4v) is 2.60. The molecule has 2 heterocycles. The second-order valence-corrected chi connectivity index (χ2v) is 5.85. The van der Waals surface area contributed by atoms with E-state index in [1.165, 1.54) is 0 Å². The number of carbonyl (C=O) groups is 1. The molecule has 2 N–H and O–H groups in total. The van der Waals surface area contributed by atoms with Gasteiger partial charge in [-0.15, -0.1) is 0 Å². The van der Waals surface area contributed by atoms with Gasteiger partial charge in [-0.3, -0.25) is 14.6 Å². The first kappa shape index (κ1) is 15.9. The number of aromatic nitrogens is 2. The molecule has 2 aromatic heterocycles. The summed E-state index contributed by atoms with van der Waals surface area (Å²) in [5.74, 6) is -0.0809. The van der Waals surface area contributed by atoms with Gasteiger partial charge in [0.2, 0.25) is 5.91 Å². The first-order chi connectivity index (χ1) is 11.6. The molecule has 0 saturated heterocycles. The van der Waals surface area contributed by atoms with Crippen LogP contribution < -0.4 is 10.9 Å². The number of pyridine rings is 2. The minimum atomic E-state index is -0.133. The molecule has 5 heteroatoms. The van der Waals surface area contributed by atoms with Crippen LogP contribution in [0.15, 0.2) is 53.6 Å². The quantitative estimate of drug-likeness (QED) is 0.758. The third-order valence-corrected chi connectivity index (χ3v) is 3.91. The van der Waals surface area contributed by atoms with Gasteiger partial charge in [-0.05, 0) is 48.6 Å². The molecular weight excluding hydrogens is 302 g/mol. The number of amides is 1. The molecule has 0 fully saturated rings. The predicted molar refractivity (Wildman–Crippen MR) is 93.7 cm³/mol.